The zero-order chi connectivity index (χ0) is 14.7. The summed E-state index contributed by atoms with van der Waals surface area (Å²) in [6.45, 7) is 3.46. The molecule has 0 amide bonds. The highest BCUT2D eigenvalue weighted by molar-refractivity contribution is 7.98. The molecular weight excluding hydrogens is 286 g/mol. The van der Waals surface area contributed by atoms with Crippen LogP contribution in [0.1, 0.15) is 24.0 Å². The van der Waals surface area contributed by atoms with Crippen molar-refractivity contribution in [3.63, 3.8) is 0 Å². The summed E-state index contributed by atoms with van der Waals surface area (Å²) in [7, 11) is 0. The average molecular weight is 305 g/mol. The Balaban J connectivity index is 1.67. The van der Waals surface area contributed by atoms with E-state index in [1.54, 1.807) is 16.3 Å². The van der Waals surface area contributed by atoms with Gasteiger partial charge in [-0.05, 0) is 25.3 Å². The molecule has 0 saturated carbocycles. The van der Waals surface area contributed by atoms with E-state index in [0.29, 0.717) is 6.54 Å². The summed E-state index contributed by atoms with van der Waals surface area (Å²) in [6, 6.07) is 8.41. The molecule has 21 heavy (non-hydrogen) atoms. The molecule has 5 nitrogen and oxygen atoms in total. The van der Waals surface area contributed by atoms with E-state index in [4.69, 9.17) is 4.74 Å². The fraction of sp³-hybridized carbons (Fsp3) is 0.467. The van der Waals surface area contributed by atoms with E-state index in [9.17, 15) is 4.79 Å². The van der Waals surface area contributed by atoms with Gasteiger partial charge in [0.05, 0.1) is 12.6 Å². The summed E-state index contributed by atoms with van der Waals surface area (Å²) in [4.78, 5) is 11.9. The zero-order valence-corrected chi connectivity index (χ0v) is 12.9. The molecule has 1 saturated heterocycles. The van der Waals surface area contributed by atoms with Gasteiger partial charge in [0.1, 0.15) is 0 Å². The smallest absolute Gasteiger partial charge is 0.344 e. The molecule has 1 fully saturated rings. The van der Waals surface area contributed by atoms with Crippen LogP contribution in [0.2, 0.25) is 0 Å². The molecule has 3 rings (SSSR count). The van der Waals surface area contributed by atoms with Gasteiger partial charge in [0, 0.05) is 12.4 Å². The van der Waals surface area contributed by atoms with Gasteiger partial charge < -0.3 is 4.74 Å². The molecular formula is C15H19N3O2S. The lowest BCUT2D eigenvalue weighted by atomic mass is 10.2. The number of hydrogen-bond acceptors (Lipinski definition) is 4. The van der Waals surface area contributed by atoms with Crippen molar-refractivity contribution in [1.82, 2.24) is 14.8 Å². The quantitative estimate of drug-likeness (QED) is 0.862. The van der Waals surface area contributed by atoms with Gasteiger partial charge in [0.15, 0.2) is 5.16 Å². The van der Waals surface area contributed by atoms with Crippen molar-refractivity contribution in [2.75, 3.05) is 6.61 Å². The Morgan fingerprint density at radius 2 is 2.24 bits per heavy atom. The monoisotopic (exact) mass is 305 g/mol. The maximum absolute atomic E-state index is 11.9. The van der Waals surface area contributed by atoms with Crippen LogP contribution in [0.25, 0.3) is 0 Å². The first kappa shape index (κ1) is 14.4. The van der Waals surface area contributed by atoms with Gasteiger partial charge in [-0.2, -0.15) is 0 Å². The van der Waals surface area contributed by atoms with Crippen LogP contribution in [-0.2, 0) is 17.0 Å². The van der Waals surface area contributed by atoms with Crippen molar-refractivity contribution in [2.24, 2.45) is 0 Å². The highest BCUT2D eigenvalue weighted by Gasteiger charge is 2.19. The molecule has 1 atom stereocenters. The Hall–Kier alpha value is -1.53. The minimum absolute atomic E-state index is 0.138. The Labute approximate surface area is 127 Å². The van der Waals surface area contributed by atoms with Gasteiger partial charge >= 0.3 is 5.69 Å². The van der Waals surface area contributed by atoms with Crippen LogP contribution >= 0.6 is 11.8 Å². The molecule has 112 valence electrons. The second-order valence-electron chi connectivity index (χ2n) is 5.33. The molecule has 0 radical (unpaired) electrons. The number of H-pyrrole nitrogens is 1. The third-order valence-electron chi connectivity index (χ3n) is 3.62. The number of nitrogens with one attached hydrogen (secondary N) is 1. The number of aromatic nitrogens is 3. The molecule has 1 aliphatic rings. The van der Waals surface area contributed by atoms with Crippen LogP contribution in [0.15, 0.2) is 34.2 Å². The largest absolute Gasteiger partial charge is 0.376 e. The highest BCUT2D eigenvalue weighted by atomic mass is 32.2. The SMILES string of the molecule is Cc1ccc(CSc2n[nH]c(=O)n2CC2CCCO2)cc1. The molecule has 1 aromatic heterocycles. The van der Waals surface area contributed by atoms with Crippen LogP contribution in [0.4, 0.5) is 0 Å². The Bertz CT molecular complexity index is 642. The molecule has 1 N–H and O–H groups in total. The Morgan fingerprint density at radius 3 is 2.95 bits per heavy atom. The van der Waals surface area contributed by atoms with Crippen LogP contribution in [0.3, 0.4) is 0 Å². The lowest BCUT2D eigenvalue weighted by molar-refractivity contribution is 0.0941. The van der Waals surface area contributed by atoms with Crippen molar-refractivity contribution in [1.29, 1.82) is 0 Å². The first-order valence-electron chi connectivity index (χ1n) is 7.17. The van der Waals surface area contributed by atoms with Crippen molar-refractivity contribution < 1.29 is 4.74 Å². The van der Waals surface area contributed by atoms with Crippen LogP contribution in [0.5, 0.6) is 0 Å². The molecule has 2 heterocycles. The lowest BCUT2D eigenvalue weighted by Gasteiger charge is -2.11. The predicted octanol–water partition coefficient (Wildman–Crippen LogP) is 2.35. The van der Waals surface area contributed by atoms with E-state index >= 15 is 0 Å². The van der Waals surface area contributed by atoms with Crippen molar-refractivity contribution in [3.8, 4) is 0 Å². The first-order valence-corrected chi connectivity index (χ1v) is 8.16. The number of benzene rings is 1. The number of aromatic amines is 1. The summed E-state index contributed by atoms with van der Waals surface area (Å²) in [5.74, 6) is 0.802. The third kappa shape index (κ3) is 3.57. The number of rotatable bonds is 5. The molecule has 1 unspecified atom stereocenters. The number of nitrogens with zero attached hydrogens (tertiary/aromatic N) is 2. The van der Waals surface area contributed by atoms with Crippen LogP contribution < -0.4 is 5.69 Å². The predicted molar refractivity (Wildman–Crippen MR) is 82.6 cm³/mol. The van der Waals surface area contributed by atoms with E-state index < -0.39 is 0 Å². The fourth-order valence-corrected chi connectivity index (χ4v) is 3.31. The summed E-state index contributed by atoms with van der Waals surface area (Å²) >= 11 is 1.58. The normalized spacial score (nSPS) is 18.2. The fourth-order valence-electron chi connectivity index (χ4n) is 2.40. The second kappa shape index (κ2) is 6.49. The van der Waals surface area contributed by atoms with Gasteiger partial charge in [-0.1, -0.05) is 41.6 Å². The minimum Gasteiger partial charge on any atom is -0.376 e. The minimum atomic E-state index is -0.156. The highest BCUT2D eigenvalue weighted by Crippen LogP contribution is 2.21. The molecule has 0 spiro atoms. The summed E-state index contributed by atoms with van der Waals surface area (Å²) in [5, 5.41) is 7.39. The molecule has 1 aliphatic heterocycles. The average Bonchev–Trinajstić information content (AvgIpc) is 3.11. The molecule has 0 aliphatic carbocycles. The third-order valence-corrected chi connectivity index (χ3v) is 4.67. The Morgan fingerprint density at radius 1 is 1.43 bits per heavy atom. The number of hydrogen-bond donors (Lipinski definition) is 1. The Kier molecular flexibility index (Phi) is 4.45. The lowest BCUT2D eigenvalue weighted by Crippen LogP contribution is -2.24. The second-order valence-corrected chi connectivity index (χ2v) is 6.27. The molecule has 2 aromatic rings. The zero-order valence-electron chi connectivity index (χ0n) is 12.0. The maximum Gasteiger partial charge on any atom is 0.344 e. The standard InChI is InChI=1S/C15H19N3O2S/c1-11-4-6-12(7-5-11)10-21-15-17-16-14(19)18(15)9-13-3-2-8-20-13/h4-7,13H,2-3,8-10H2,1H3,(H,16,19). The molecule has 6 heteroatoms. The van der Waals surface area contributed by atoms with Crippen molar-refractivity contribution in [2.45, 2.75) is 43.3 Å². The number of aryl methyl sites for hydroxylation is 1. The van der Waals surface area contributed by atoms with Gasteiger partial charge in [0.2, 0.25) is 0 Å². The van der Waals surface area contributed by atoms with E-state index in [-0.39, 0.29) is 11.8 Å². The van der Waals surface area contributed by atoms with Crippen molar-refractivity contribution in [3.05, 3.63) is 45.9 Å². The topological polar surface area (TPSA) is 59.9 Å². The summed E-state index contributed by atoms with van der Waals surface area (Å²) in [6.07, 6.45) is 2.22. The van der Waals surface area contributed by atoms with Gasteiger partial charge in [-0.25, -0.2) is 9.89 Å². The summed E-state index contributed by atoms with van der Waals surface area (Å²) in [5.41, 5.74) is 2.32. The number of thioether (sulfide) groups is 1. The van der Waals surface area contributed by atoms with Gasteiger partial charge in [-0.3, -0.25) is 4.57 Å². The van der Waals surface area contributed by atoms with E-state index in [2.05, 4.69) is 41.4 Å². The molecule has 0 bridgehead atoms. The van der Waals surface area contributed by atoms with Crippen molar-refractivity contribution >= 4 is 11.8 Å². The van der Waals surface area contributed by atoms with E-state index in [1.165, 1.54) is 11.1 Å². The molecule has 1 aromatic carbocycles. The van der Waals surface area contributed by atoms with Crippen LogP contribution in [0, 0.1) is 6.92 Å². The van der Waals surface area contributed by atoms with Gasteiger partial charge in [-0.15, -0.1) is 5.10 Å². The van der Waals surface area contributed by atoms with E-state index in [0.717, 1.165) is 30.4 Å². The van der Waals surface area contributed by atoms with Crippen LogP contribution in [-0.4, -0.2) is 27.5 Å². The first-order chi connectivity index (χ1) is 10.2. The summed E-state index contributed by atoms with van der Waals surface area (Å²) < 4.78 is 7.29. The maximum atomic E-state index is 11.9. The van der Waals surface area contributed by atoms with E-state index in [1.807, 2.05) is 0 Å². The van der Waals surface area contributed by atoms with Gasteiger partial charge in [0.25, 0.3) is 0 Å². The number of ether oxygens (including phenoxy) is 1.